The van der Waals surface area contributed by atoms with Crippen LogP contribution in [0.25, 0.3) is 22.4 Å². The van der Waals surface area contributed by atoms with E-state index in [4.69, 9.17) is 10.5 Å². The zero-order valence-electron chi connectivity index (χ0n) is 21.6. The highest BCUT2D eigenvalue weighted by Gasteiger charge is 2.29. The standard InChI is InChI=1S/C26H29N7O5S/c1-3-38-20-10-9-18(39(36,37)32-13-11-31(2)12-14-32)15-19(20)25-28-21-22(24(27)34)30-33(23(21)26(35)29-25)16-17-7-5-4-6-8-17/h4-10,15H,3,11-14,16H2,1-2H3,(H2,27,34)(H,28,29,35). The van der Waals surface area contributed by atoms with Crippen molar-refractivity contribution >= 4 is 27.0 Å². The molecule has 0 radical (unpaired) electrons. The Labute approximate surface area is 225 Å². The van der Waals surface area contributed by atoms with Crippen LogP contribution in [0.4, 0.5) is 0 Å². The van der Waals surface area contributed by atoms with Gasteiger partial charge in [0.2, 0.25) is 10.0 Å². The van der Waals surface area contributed by atoms with Crippen LogP contribution in [0.1, 0.15) is 23.0 Å². The van der Waals surface area contributed by atoms with E-state index in [-0.39, 0.29) is 39.6 Å². The van der Waals surface area contributed by atoms with Gasteiger partial charge in [0.25, 0.3) is 11.5 Å². The van der Waals surface area contributed by atoms with Crippen LogP contribution < -0.4 is 16.0 Å². The molecule has 1 saturated heterocycles. The molecule has 3 heterocycles. The first kappa shape index (κ1) is 26.5. The number of nitrogens with one attached hydrogen (secondary N) is 1. The summed E-state index contributed by atoms with van der Waals surface area (Å²) in [5.41, 5.74) is 6.11. The summed E-state index contributed by atoms with van der Waals surface area (Å²) in [5.74, 6) is -0.477. The van der Waals surface area contributed by atoms with Gasteiger partial charge in [-0.05, 0) is 37.7 Å². The number of piperazine rings is 1. The monoisotopic (exact) mass is 551 g/mol. The molecular weight excluding hydrogens is 522 g/mol. The Hall–Kier alpha value is -4.07. The van der Waals surface area contributed by atoms with E-state index in [9.17, 15) is 18.0 Å². The maximum Gasteiger partial charge on any atom is 0.277 e. The molecule has 1 amide bonds. The predicted octanol–water partition coefficient (Wildman–Crippen LogP) is 1.27. The van der Waals surface area contributed by atoms with E-state index in [2.05, 4.69) is 20.0 Å². The fourth-order valence-electron chi connectivity index (χ4n) is 4.57. The maximum absolute atomic E-state index is 13.4. The van der Waals surface area contributed by atoms with Crippen LogP contribution in [-0.4, -0.2) is 83.1 Å². The molecule has 5 rings (SSSR count). The third kappa shape index (κ3) is 5.15. The van der Waals surface area contributed by atoms with Gasteiger partial charge in [-0.15, -0.1) is 0 Å². The molecule has 2 aromatic carbocycles. The summed E-state index contributed by atoms with van der Waals surface area (Å²) in [6.45, 7) is 4.28. The van der Waals surface area contributed by atoms with Crippen molar-refractivity contribution in [3.63, 3.8) is 0 Å². The molecular formula is C26H29N7O5S. The van der Waals surface area contributed by atoms with Gasteiger partial charge >= 0.3 is 0 Å². The van der Waals surface area contributed by atoms with Crippen molar-refractivity contribution < 1.29 is 17.9 Å². The molecule has 4 aromatic rings. The molecule has 12 nitrogen and oxygen atoms in total. The number of amides is 1. The molecule has 1 aliphatic heterocycles. The maximum atomic E-state index is 13.4. The molecule has 2 aromatic heterocycles. The van der Waals surface area contributed by atoms with Crippen LogP contribution in [0, 0.1) is 0 Å². The SMILES string of the molecule is CCOc1ccc(S(=O)(=O)N2CCN(C)CC2)cc1-c1nc2c(C(N)=O)nn(Cc3ccccc3)c2c(=O)[nH]1. The van der Waals surface area contributed by atoms with Crippen molar-refractivity contribution in [2.75, 3.05) is 39.8 Å². The summed E-state index contributed by atoms with van der Waals surface area (Å²) >= 11 is 0. The lowest BCUT2D eigenvalue weighted by Gasteiger charge is -2.31. The van der Waals surface area contributed by atoms with E-state index in [0.29, 0.717) is 38.5 Å². The Morgan fingerprint density at radius 3 is 2.49 bits per heavy atom. The number of aromatic amines is 1. The molecule has 0 bridgehead atoms. The molecule has 3 N–H and O–H groups in total. The molecule has 0 unspecified atom stereocenters. The number of nitrogens with two attached hydrogens (primary N) is 1. The van der Waals surface area contributed by atoms with E-state index in [0.717, 1.165) is 5.56 Å². The summed E-state index contributed by atoms with van der Waals surface area (Å²) in [7, 11) is -1.87. The smallest absolute Gasteiger partial charge is 0.277 e. The number of benzene rings is 2. The Morgan fingerprint density at radius 2 is 1.82 bits per heavy atom. The average Bonchev–Trinajstić information content (AvgIpc) is 3.29. The van der Waals surface area contributed by atoms with E-state index < -0.39 is 21.5 Å². The second-order valence-corrected chi connectivity index (χ2v) is 11.2. The molecule has 39 heavy (non-hydrogen) atoms. The molecule has 13 heteroatoms. The van der Waals surface area contributed by atoms with Crippen molar-refractivity contribution in [1.29, 1.82) is 0 Å². The molecule has 0 spiro atoms. The highest BCUT2D eigenvalue weighted by atomic mass is 32.2. The summed E-state index contributed by atoms with van der Waals surface area (Å²) in [6, 6.07) is 13.8. The zero-order valence-corrected chi connectivity index (χ0v) is 22.4. The molecule has 0 atom stereocenters. The van der Waals surface area contributed by atoms with E-state index in [1.54, 1.807) is 13.0 Å². The molecule has 0 aliphatic carbocycles. The number of carbonyl (C=O) groups is 1. The average molecular weight is 552 g/mol. The van der Waals surface area contributed by atoms with E-state index >= 15 is 0 Å². The number of sulfonamides is 1. The second kappa shape index (κ2) is 10.6. The summed E-state index contributed by atoms with van der Waals surface area (Å²) in [5, 5.41) is 4.28. The van der Waals surface area contributed by atoms with Gasteiger partial charge in [0.15, 0.2) is 11.2 Å². The highest BCUT2D eigenvalue weighted by molar-refractivity contribution is 7.89. The summed E-state index contributed by atoms with van der Waals surface area (Å²) in [4.78, 5) is 35.0. The van der Waals surface area contributed by atoms with Crippen LogP contribution in [0.2, 0.25) is 0 Å². The lowest BCUT2D eigenvalue weighted by Crippen LogP contribution is -2.47. The number of fused-ring (bicyclic) bond motifs is 1. The Bertz CT molecular complexity index is 1690. The van der Waals surface area contributed by atoms with E-state index in [1.807, 2.05) is 37.4 Å². The Balaban J connectivity index is 1.64. The van der Waals surface area contributed by atoms with Crippen molar-refractivity contribution in [2.45, 2.75) is 18.4 Å². The number of rotatable bonds is 8. The second-order valence-electron chi connectivity index (χ2n) is 9.27. The first-order valence-electron chi connectivity index (χ1n) is 12.5. The molecule has 1 aliphatic rings. The third-order valence-electron chi connectivity index (χ3n) is 6.61. The lowest BCUT2D eigenvalue weighted by atomic mass is 10.1. The fourth-order valence-corrected chi connectivity index (χ4v) is 6.02. The number of primary amides is 1. The van der Waals surface area contributed by atoms with Crippen LogP contribution >= 0.6 is 0 Å². The van der Waals surface area contributed by atoms with Gasteiger partial charge in [-0.1, -0.05) is 30.3 Å². The van der Waals surface area contributed by atoms with Crippen LogP contribution in [0.15, 0.2) is 58.2 Å². The molecule has 0 saturated carbocycles. The van der Waals surface area contributed by atoms with Crippen LogP contribution in [-0.2, 0) is 16.6 Å². The van der Waals surface area contributed by atoms with Gasteiger partial charge < -0.3 is 20.4 Å². The van der Waals surface area contributed by atoms with Crippen LogP contribution in [0.5, 0.6) is 5.75 Å². The predicted molar refractivity (Wildman–Crippen MR) is 145 cm³/mol. The van der Waals surface area contributed by atoms with Crippen molar-refractivity contribution in [3.8, 4) is 17.1 Å². The van der Waals surface area contributed by atoms with Gasteiger partial charge in [0, 0.05) is 26.2 Å². The Morgan fingerprint density at radius 1 is 1.10 bits per heavy atom. The van der Waals surface area contributed by atoms with Gasteiger partial charge in [0.05, 0.1) is 23.6 Å². The van der Waals surface area contributed by atoms with Crippen molar-refractivity contribution in [3.05, 3.63) is 70.1 Å². The largest absolute Gasteiger partial charge is 0.493 e. The van der Waals surface area contributed by atoms with Crippen molar-refractivity contribution in [2.24, 2.45) is 5.73 Å². The zero-order chi connectivity index (χ0) is 27.7. The van der Waals surface area contributed by atoms with E-state index in [1.165, 1.54) is 21.1 Å². The fraction of sp³-hybridized carbons (Fsp3) is 0.308. The first-order chi connectivity index (χ1) is 18.7. The quantitative estimate of drug-likeness (QED) is 0.332. The molecule has 1 fully saturated rings. The number of ether oxygens (including phenoxy) is 1. The topological polar surface area (TPSA) is 157 Å². The minimum atomic E-state index is -3.81. The highest BCUT2D eigenvalue weighted by Crippen LogP contribution is 2.32. The molecule has 204 valence electrons. The number of carbonyl (C=O) groups excluding carboxylic acids is 1. The van der Waals surface area contributed by atoms with Gasteiger partial charge in [-0.25, -0.2) is 13.4 Å². The minimum absolute atomic E-state index is 0.0203. The van der Waals surface area contributed by atoms with Crippen molar-refractivity contribution in [1.82, 2.24) is 29.0 Å². The lowest BCUT2D eigenvalue weighted by molar-refractivity contribution is 0.0996. The van der Waals surface area contributed by atoms with Gasteiger partial charge in [0.1, 0.15) is 17.1 Å². The number of hydrogen-bond acceptors (Lipinski definition) is 8. The number of H-pyrrole nitrogens is 1. The van der Waals surface area contributed by atoms with Gasteiger partial charge in [-0.2, -0.15) is 9.40 Å². The summed E-state index contributed by atoms with van der Waals surface area (Å²) < 4.78 is 35.5. The first-order valence-corrected chi connectivity index (χ1v) is 13.9. The van der Waals surface area contributed by atoms with Gasteiger partial charge in [-0.3, -0.25) is 14.3 Å². The normalized spacial score (nSPS) is 15.0. The number of aromatic nitrogens is 4. The number of nitrogens with zero attached hydrogens (tertiary/aromatic N) is 5. The minimum Gasteiger partial charge on any atom is -0.493 e. The number of likely N-dealkylation sites (N-methyl/N-ethyl adjacent to an activating group) is 1. The number of hydrogen-bond donors (Lipinski definition) is 2. The Kier molecular flexibility index (Phi) is 7.21. The third-order valence-corrected chi connectivity index (χ3v) is 8.51. The summed E-state index contributed by atoms with van der Waals surface area (Å²) in [6.07, 6.45) is 0. The van der Waals surface area contributed by atoms with Crippen LogP contribution in [0.3, 0.4) is 0 Å².